The standard InChI is InChI=1S/C18H22N4OS/c1-12-6-8-14(9-7-12)15(21-10-4-3-5-11-21)16-17(23)22-18(24-16)19-13(2)20-22/h6-9,15,23H,3-5,10-11H2,1-2H3/t15-/m1/s1. The molecule has 0 amide bonds. The quantitative estimate of drug-likeness (QED) is 0.789. The monoisotopic (exact) mass is 342 g/mol. The number of nitrogens with zero attached hydrogens (tertiary/aromatic N) is 4. The zero-order valence-electron chi connectivity index (χ0n) is 14.1. The molecule has 0 bridgehead atoms. The summed E-state index contributed by atoms with van der Waals surface area (Å²) in [5, 5.41) is 15.1. The Balaban J connectivity index is 1.82. The summed E-state index contributed by atoms with van der Waals surface area (Å²) in [6.07, 6.45) is 3.71. The van der Waals surface area contributed by atoms with Crippen LogP contribution in [-0.2, 0) is 0 Å². The number of aromatic hydroxyl groups is 1. The molecular weight excluding hydrogens is 320 g/mol. The second kappa shape index (κ2) is 6.18. The maximum atomic E-state index is 10.8. The minimum absolute atomic E-state index is 0.0692. The second-order valence-corrected chi connectivity index (χ2v) is 7.56. The first-order valence-corrected chi connectivity index (χ1v) is 9.31. The lowest BCUT2D eigenvalue weighted by atomic mass is 9.99. The fraction of sp³-hybridized carbons (Fsp3) is 0.444. The molecule has 0 saturated carbocycles. The maximum Gasteiger partial charge on any atom is 0.230 e. The highest BCUT2D eigenvalue weighted by Crippen LogP contribution is 2.40. The Kier molecular flexibility index (Phi) is 4.02. The summed E-state index contributed by atoms with van der Waals surface area (Å²) >= 11 is 1.54. The molecule has 1 aliphatic rings. The molecule has 6 heteroatoms. The molecule has 1 aliphatic heterocycles. The molecule has 1 fully saturated rings. The van der Waals surface area contributed by atoms with E-state index >= 15 is 0 Å². The minimum Gasteiger partial charge on any atom is -0.492 e. The topological polar surface area (TPSA) is 53.7 Å². The van der Waals surface area contributed by atoms with Gasteiger partial charge in [0.25, 0.3) is 0 Å². The van der Waals surface area contributed by atoms with Gasteiger partial charge in [-0.15, -0.1) is 5.10 Å². The maximum absolute atomic E-state index is 10.8. The van der Waals surface area contributed by atoms with E-state index in [-0.39, 0.29) is 11.9 Å². The summed E-state index contributed by atoms with van der Waals surface area (Å²) in [7, 11) is 0. The zero-order valence-corrected chi connectivity index (χ0v) is 14.9. The lowest BCUT2D eigenvalue weighted by molar-refractivity contribution is 0.186. The van der Waals surface area contributed by atoms with Gasteiger partial charge >= 0.3 is 0 Å². The summed E-state index contributed by atoms with van der Waals surface area (Å²) in [5.74, 6) is 0.916. The summed E-state index contributed by atoms with van der Waals surface area (Å²) in [6, 6.07) is 8.71. The van der Waals surface area contributed by atoms with Gasteiger partial charge in [0.15, 0.2) is 0 Å². The molecule has 1 aromatic carbocycles. The molecule has 0 spiro atoms. The van der Waals surface area contributed by atoms with Crippen LogP contribution in [0.1, 0.15) is 47.1 Å². The number of aromatic nitrogens is 3. The molecule has 0 aliphatic carbocycles. The van der Waals surface area contributed by atoms with Crippen LogP contribution in [0.5, 0.6) is 5.88 Å². The molecule has 0 unspecified atom stereocenters. The van der Waals surface area contributed by atoms with Gasteiger partial charge in [-0.25, -0.2) is 4.98 Å². The highest BCUT2D eigenvalue weighted by atomic mass is 32.1. The van der Waals surface area contributed by atoms with Gasteiger partial charge in [0, 0.05) is 0 Å². The molecule has 1 saturated heterocycles. The Morgan fingerprint density at radius 2 is 1.79 bits per heavy atom. The van der Waals surface area contributed by atoms with E-state index in [1.165, 1.54) is 30.4 Å². The van der Waals surface area contributed by atoms with Gasteiger partial charge in [0.05, 0.1) is 10.9 Å². The second-order valence-electron chi connectivity index (χ2n) is 6.55. The molecule has 4 rings (SSSR count). The van der Waals surface area contributed by atoms with Crippen LogP contribution in [0.3, 0.4) is 0 Å². The summed E-state index contributed by atoms with van der Waals surface area (Å²) < 4.78 is 1.57. The lowest BCUT2D eigenvalue weighted by Gasteiger charge is -2.34. The fourth-order valence-electron chi connectivity index (χ4n) is 3.48. The summed E-state index contributed by atoms with van der Waals surface area (Å²) in [5.41, 5.74) is 2.47. The van der Waals surface area contributed by atoms with Gasteiger partial charge in [-0.1, -0.05) is 47.6 Å². The summed E-state index contributed by atoms with van der Waals surface area (Å²) in [4.78, 5) is 8.60. The molecule has 1 N–H and O–H groups in total. The average molecular weight is 342 g/mol. The van der Waals surface area contributed by atoms with E-state index in [0.717, 1.165) is 22.9 Å². The van der Waals surface area contributed by atoms with E-state index in [9.17, 15) is 5.11 Å². The summed E-state index contributed by atoms with van der Waals surface area (Å²) in [6.45, 7) is 6.07. The van der Waals surface area contributed by atoms with Crippen LogP contribution in [0.2, 0.25) is 0 Å². The third-order valence-corrected chi connectivity index (χ3v) is 5.78. The van der Waals surface area contributed by atoms with E-state index in [4.69, 9.17) is 0 Å². The van der Waals surface area contributed by atoms with Crippen molar-refractivity contribution in [1.82, 2.24) is 19.5 Å². The number of likely N-dealkylation sites (tertiary alicyclic amines) is 1. The number of piperidine rings is 1. The van der Waals surface area contributed by atoms with Crippen molar-refractivity contribution in [3.8, 4) is 5.88 Å². The van der Waals surface area contributed by atoms with E-state index in [1.807, 2.05) is 6.92 Å². The number of hydrogen-bond donors (Lipinski definition) is 1. The predicted molar refractivity (Wildman–Crippen MR) is 95.7 cm³/mol. The van der Waals surface area contributed by atoms with E-state index in [2.05, 4.69) is 46.2 Å². The van der Waals surface area contributed by atoms with Crippen molar-refractivity contribution >= 4 is 16.3 Å². The molecule has 2 aromatic heterocycles. The first-order chi connectivity index (χ1) is 11.6. The number of fused-ring (bicyclic) bond motifs is 1. The molecule has 3 aromatic rings. The Morgan fingerprint density at radius 1 is 1.08 bits per heavy atom. The smallest absolute Gasteiger partial charge is 0.230 e. The molecule has 3 heterocycles. The number of hydrogen-bond acceptors (Lipinski definition) is 5. The first kappa shape index (κ1) is 15.6. The lowest BCUT2D eigenvalue weighted by Crippen LogP contribution is -2.34. The number of rotatable bonds is 3. The van der Waals surface area contributed by atoms with Crippen molar-refractivity contribution in [2.24, 2.45) is 0 Å². The van der Waals surface area contributed by atoms with Crippen molar-refractivity contribution in [3.63, 3.8) is 0 Å². The highest BCUT2D eigenvalue weighted by molar-refractivity contribution is 7.17. The normalized spacial score (nSPS) is 17.4. The van der Waals surface area contributed by atoms with Gasteiger partial charge in [0.1, 0.15) is 5.82 Å². The Labute approximate surface area is 145 Å². The minimum atomic E-state index is 0.0692. The van der Waals surface area contributed by atoms with Crippen LogP contribution in [-0.4, -0.2) is 37.7 Å². The van der Waals surface area contributed by atoms with Crippen molar-refractivity contribution in [2.75, 3.05) is 13.1 Å². The molecule has 126 valence electrons. The Hall–Kier alpha value is -1.92. The number of benzene rings is 1. The number of thiazole rings is 1. The van der Waals surface area contributed by atoms with Gasteiger partial charge < -0.3 is 5.11 Å². The largest absolute Gasteiger partial charge is 0.492 e. The van der Waals surface area contributed by atoms with Crippen molar-refractivity contribution in [3.05, 3.63) is 46.1 Å². The third kappa shape index (κ3) is 2.70. The van der Waals surface area contributed by atoms with Crippen LogP contribution in [0, 0.1) is 13.8 Å². The molecule has 1 atom stereocenters. The molecular formula is C18H22N4OS. The zero-order chi connectivity index (χ0) is 16.7. The van der Waals surface area contributed by atoms with Crippen LogP contribution in [0.4, 0.5) is 0 Å². The van der Waals surface area contributed by atoms with Gasteiger partial charge in [-0.2, -0.15) is 4.52 Å². The van der Waals surface area contributed by atoms with Crippen LogP contribution in [0.25, 0.3) is 4.96 Å². The number of aryl methyl sites for hydroxylation is 2. The van der Waals surface area contributed by atoms with Crippen molar-refractivity contribution < 1.29 is 5.11 Å². The van der Waals surface area contributed by atoms with E-state index in [1.54, 1.807) is 15.9 Å². The highest BCUT2D eigenvalue weighted by Gasteiger charge is 2.30. The van der Waals surface area contributed by atoms with Crippen LogP contribution >= 0.6 is 11.3 Å². The van der Waals surface area contributed by atoms with Crippen molar-refractivity contribution in [2.45, 2.75) is 39.2 Å². The van der Waals surface area contributed by atoms with Gasteiger partial charge in [-0.05, 0) is 45.3 Å². The third-order valence-electron chi connectivity index (χ3n) is 4.70. The van der Waals surface area contributed by atoms with Gasteiger partial charge in [0.2, 0.25) is 10.8 Å². The van der Waals surface area contributed by atoms with E-state index in [0.29, 0.717) is 5.82 Å². The predicted octanol–water partition coefficient (Wildman–Crippen LogP) is 3.69. The molecule has 24 heavy (non-hydrogen) atoms. The first-order valence-electron chi connectivity index (χ1n) is 8.49. The molecule has 5 nitrogen and oxygen atoms in total. The van der Waals surface area contributed by atoms with Gasteiger partial charge in [-0.3, -0.25) is 4.90 Å². The van der Waals surface area contributed by atoms with E-state index < -0.39 is 0 Å². The van der Waals surface area contributed by atoms with Crippen molar-refractivity contribution in [1.29, 1.82) is 0 Å². The molecule has 0 radical (unpaired) electrons. The average Bonchev–Trinajstić information content (AvgIpc) is 3.09. The van der Waals surface area contributed by atoms with Crippen LogP contribution in [0.15, 0.2) is 24.3 Å². The Bertz CT molecular complexity index is 846. The fourth-order valence-corrected chi connectivity index (χ4v) is 4.64. The SMILES string of the molecule is Cc1ccc([C@H](c2sc3nc(C)nn3c2O)N2CCCCC2)cc1. The van der Waals surface area contributed by atoms with Crippen LogP contribution < -0.4 is 0 Å². The Morgan fingerprint density at radius 3 is 2.46 bits per heavy atom.